The third-order valence-corrected chi connectivity index (χ3v) is 5.79. The summed E-state index contributed by atoms with van der Waals surface area (Å²) in [5.41, 5.74) is -1.21. The third-order valence-electron chi connectivity index (χ3n) is 5.79. The molecule has 0 aromatic carbocycles. The van der Waals surface area contributed by atoms with E-state index in [9.17, 15) is 15.3 Å². The van der Waals surface area contributed by atoms with Crippen molar-refractivity contribution >= 4 is 0 Å². The van der Waals surface area contributed by atoms with Crippen LogP contribution in [0.25, 0.3) is 0 Å². The van der Waals surface area contributed by atoms with Gasteiger partial charge in [0, 0.05) is 5.41 Å². The first-order chi connectivity index (χ1) is 8.33. The van der Waals surface area contributed by atoms with Gasteiger partial charge < -0.3 is 15.3 Å². The van der Waals surface area contributed by atoms with Crippen molar-refractivity contribution in [2.24, 2.45) is 23.2 Å². The average Bonchev–Trinajstić information content (AvgIpc) is 2.33. The Morgan fingerprint density at radius 2 is 1.89 bits per heavy atom. The van der Waals surface area contributed by atoms with Crippen molar-refractivity contribution in [2.75, 3.05) is 6.61 Å². The lowest BCUT2D eigenvalue weighted by Gasteiger charge is -2.57. The summed E-state index contributed by atoms with van der Waals surface area (Å²) in [4.78, 5) is 0. The van der Waals surface area contributed by atoms with Crippen molar-refractivity contribution in [1.82, 2.24) is 0 Å². The van der Waals surface area contributed by atoms with E-state index >= 15 is 0 Å². The molecule has 0 heterocycles. The maximum atomic E-state index is 10.7. The summed E-state index contributed by atoms with van der Waals surface area (Å²) in [6.07, 6.45) is 3.63. The second kappa shape index (κ2) is 4.77. The predicted octanol–water partition coefficient (Wildman–Crippen LogP) is 1.94. The molecule has 3 heteroatoms. The molecular formula is C15H28O3. The van der Waals surface area contributed by atoms with Gasteiger partial charge in [-0.2, -0.15) is 0 Å². The molecule has 0 aromatic heterocycles. The molecule has 1 unspecified atom stereocenters. The third kappa shape index (κ3) is 2.10. The molecule has 0 spiro atoms. The Kier molecular flexibility index (Phi) is 3.79. The first-order valence-electron chi connectivity index (χ1n) is 7.35. The lowest BCUT2D eigenvalue weighted by Crippen LogP contribution is -2.60. The van der Waals surface area contributed by atoms with Crippen molar-refractivity contribution in [3.05, 3.63) is 0 Å². The van der Waals surface area contributed by atoms with E-state index in [-0.39, 0.29) is 12.5 Å². The fourth-order valence-electron chi connectivity index (χ4n) is 4.35. The Bertz CT molecular complexity index is 300. The Morgan fingerprint density at radius 3 is 2.44 bits per heavy atom. The molecule has 5 atom stereocenters. The van der Waals surface area contributed by atoms with E-state index in [2.05, 4.69) is 13.8 Å². The van der Waals surface area contributed by atoms with Gasteiger partial charge in [0.05, 0.1) is 18.3 Å². The van der Waals surface area contributed by atoms with Gasteiger partial charge in [-0.1, -0.05) is 13.8 Å². The fraction of sp³-hybridized carbons (Fsp3) is 1.00. The van der Waals surface area contributed by atoms with Crippen LogP contribution in [-0.2, 0) is 0 Å². The lowest BCUT2D eigenvalue weighted by atomic mass is 9.51. The highest BCUT2D eigenvalue weighted by atomic mass is 16.3. The van der Waals surface area contributed by atoms with Gasteiger partial charge in [0.2, 0.25) is 0 Å². The molecule has 0 aliphatic heterocycles. The van der Waals surface area contributed by atoms with Crippen molar-refractivity contribution < 1.29 is 15.3 Å². The van der Waals surface area contributed by atoms with Crippen LogP contribution in [0, 0.1) is 23.2 Å². The molecule has 3 nitrogen and oxygen atoms in total. The highest BCUT2D eigenvalue weighted by molar-refractivity contribution is 5.07. The SMILES string of the molecule is CC(C)[C@@H]1CC[C@@]2(CO)C(O)CC[C@@](C)(O)[C@H]2C1. The van der Waals surface area contributed by atoms with Crippen LogP contribution in [0.1, 0.15) is 52.9 Å². The zero-order valence-electron chi connectivity index (χ0n) is 11.9. The maximum absolute atomic E-state index is 10.7. The number of aliphatic hydroxyl groups excluding tert-OH is 2. The molecular weight excluding hydrogens is 228 g/mol. The summed E-state index contributed by atoms with van der Waals surface area (Å²) in [5, 5.41) is 30.8. The minimum Gasteiger partial charge on any atom is -0.396 e. The van der Waals surface area contributed by atoms with E-state index < -0.39 is 17.1 Å². The zero-order chi connectivity index (χ0) is 13.6. The number of aliphatic hydroxyl groups is 3. The van der Waals surface area contributed by atoms with Gasteiger partial charge >= 0.3 is 0 Å². The summed E-state index contributed by atoms with van der Waals surface area (Å²) in [6.45, 7) is 6.34. The summed E-state index contributed by atoms with van der Waals surface area (Å²) < 4.78 is 0. The zero-order valence-corrected chi connectivity index (χ0v) is 11.9. The van der Waals surface area contributed by atoms with E-state index in [1.54, 1.807) is 0 Å². The van der Waals surface area contributed by atoms with E-state index in [4.69, 9.17) is 0 Å². The molecule has 0 bridgehead atoms. The van der Waals surface area contributed by atoms with E-state index in [1.165, 1.54) is 0 Å². The number of hydrogen-bond donors (Lipinski definition) is 3. The predicted molar refractivity (Wildman–Crippen MR) is 71.1 cm³/mol. The van der Waals surface area contributed by atoms with E-state index in [0.717, 1.165) is 19.3 Å². The molecule has 0 saturated heterocycles. The minimum atomic E-state index is -0.741. The van der Waals surface area contributed by atoms with Crippen molar-refractivity contribution in [2.45, 2.75) is 64.6 Å². The first-order valence-corrected chi connectivity index (χ1v) is 7.35. The summed E-state index contributed by atoms with van der Waals surface area (Å²) >= 11 is 0. The van der Waals surface area contributed by atoms with Gasteiger partial charge in [-0.25, -0.2) is 0 Å². The van der Waals surface area contributed by atoms with Crippen LogP contribution >= 0.6 is 0 Å². The van der Waals surface area contributed by atoms with Gasteiger partial charge in [-0.3, -0.25) is 0 Å². The van der Waals surface area contributed by atoms with Gasteiger partial charge in [0.25, 0.3) is 0 Å². The summed E-state index contributed by atoms with van der Waals surface area (Å²) in [5.74, 6) is 1.24. The molecule has 0 amide bonds. The van der Waals surface area contributed by atoms with Crippen LogP contribution in [0.3, 0.4) is 0 Å². The topological polar surface area (TPSA) is 60.7 Å². The van der Waals surface area contributed by atoms with E-state index in [0.29, 0.717) is 24.7 Å². The fourth-order valence-corrected chi connectivity index (χ4v) is 4.35. The van der Waals surface area contributed by atoms with Crippen LogP contribution in [0.15, 0.2) is 0 Å². The summed E-state index contributed by atoms with van der Waals surface area (Å²) in [7, 11) is 0. The van der Waals surface area contributed by atoms with Crippen LogP contribution in [0.2, 0.25) is 0 Å². The molecule has 3 N–H and O–H groups in total. The highest BCUT2D eigenvalue weighted by Gasteiger charge is 2.57. The molecule has 2 aliphatic carbocycles. The van der Waals surface area contributed by atoms with Crippen LogP contribution in [-0.4, -0.2) is 33.6 Å². The largest absolute Gasteiger partial charge is 0.396 e. The minimum absolute atomic E-state index is 0.000200. The van der Waals surface area contributed by atoms with Crippen molar-refractivity contribution in [3.63, 3.8) is 0 Å². The highest BCUT2D eigenvalue weighted by Crippen LogP contribution is 2.56. The monoisotopic (exact) mass is 256 g/mol. The quantitative estimate of drug-likeness (QED) is 0.707. The molecule has 2 rings (SSSR count). The van der Waals surface area contributed by atoms with Crippen molar-refractivity contribution in [3.8, 4) is 0 Å². The molecule has 2 fully saturated rings. The lowest BCUT2D eigenvalue weighted by molar-refractivity contribution is -0.198. The maximum Gasteiger partial charge on any atom is 0.0656 e. The number of hydrogen-bond acceptors (Lipinski definition) is 3. The van der Waals surface area contributed by atoms with Crippen LogP contribution in [0.5, 0.6) is 0 Å². The standard InChI is InChI=1S/C15H28O3/c1-10(2)11-4-7-15(9-16)12(8-11)14(3,18)6-5-13(15)17/h10-13,16-18H,4-9H2,1-3H3/t11-,12-,13?,14-,15+/m1/s1. The molecule has 18 heavy (non-hydrogen) atoms. The second-order valence-electron chi connectivity index (χ2n) is 7.13. The molecule has 0 radical (unpaired) electrons. The Hall–Kier alpha value is -0.120. The Morgan fingerprint density at radius 1 is 1.22 bits per heavy atom. The molecule has 2 aliphatic rings. The first kappa shape index (κ1) is 14.3. The Balaban J connectivity index is 2.29. The van der Waals surface area contributed by atoms with Crippen LogP contribution in [0.4, 0.5) is 0 Å². The van der Waals surface area contributed by atoms with Gasteiger partial charge in [0.15, 0.2) is 0 Å². The smallest absolute Gasteiger partial charge is 0.0656 e. The number of rotatable bonds is 2. The molecule has 2 saturated carbocycles. The summed E-state index contributed by atoms with van der Waals surface area (Å²) in [6, 6.07) is 0. The normalized spacial score (nSPS) is 49.2. The molecule has 106 valence electrons. The number of fused-ring (bicyclic) bond motifs is 1. The van der Waals surface area contributed by atoms with Gasteiger partial charge in [-0.15, -0.1) is 0 Å². The second-order valence-corrected chi connectivity index (χ2v) is 7.13. The average molecular weight is 256 g/mol. The van der Waals surface area contributed by atoms with Crippen molar-refractivity contribution in [1.29, 1.82) is 0 Å². The van der Waals surface area contributed by atoms with Gasteiger partial charge in [-0.05, 0) is 56.8 Å². The van der Waals surface area contributed by atoms with Gasteiger partial charge in [0.1, 0.15) is 0 Å². The van der Waals surface area contributed by atoms with Crippen LogP contribution < -0.4 is 0 Å². The van der Waals surface area contributed by atoms with E-state index in [1.807, 2.05) is 6.92 Å². The Labute approximate surface area is 110 Å². The molecule has 0 aromatic rings.